The van der Waals surface area contributed by atoms with Crippen LogP contribution in [0.2, 0.25) is 0 Å². The Morgan fingerprint density at radius 2 is 1.88 bits per heavy atom. The second kappa shape index (κ2) is 2.52. The zero-order valence-electron chi connectivity index (χ0n) is 3.62. The van der Waals surface area contributed by atoms with E-state index in [4.69, 9.17) is 0 Å². The first-order chi connectivity index (χ1) is 3.56. The highest BCUT2D eigenvalue weighted by Gasteiger charge is 2.34. The van der Waals surface area contributed by atoms with Crippen molar-refractivity contribution in [3.05, 3.63) is 0 Å². The van der Waals surface area contributed by atoms with Crippen LogP contribution < -0.4 is 0 Å². The van der Waals surface area contributed by atoms with Crippen LogP contribution in [0.3, 0.4) is 0 Å². The first kappa shape index (κ1) is 7.24. The fraction of sp³-hybridized carbons (Fsp3) is 0. The molecule has 0 aliphatic rings. The summed E-state index contributed by atoms with van der Waals surface area (Å²) in [6, 6.07) is 0. The molecule has 0 spiro atoms. The molecule has 0 aromatic rings. The van der Waals surface area contributed by atoms with Crippen molar-refractivity contribution in [1.82, 2.24) is 0 Å². The minimum Gasteiger partial charge on any atom is -0.289 e. The SMILES string of the molecule is O=CC#C[Si](F)(F)F. The Labute approximate surface area is 45.0 Å². The number of rotatable bonds is 0. The Morgan fingerprint density at radius 3 is 2.00 bits per heavy atom. The van der Waals surface area contributed by atoms with Crippen molar-refractivity contribution in [3.8, 4) is 11.5 Å². The number of carbonyl (C=O) groups is 1. The molecule has 0 heterocycles. The lowest BCUT2D eigenvalue weighted by atomic mass is 10.8. The summed E-state index contributed by atoms with van der Waals surface area (Å²) in [7, 11) is -5.77. The Hall–Kier alpha value is -0.763. The van der Waals surface area contributed by atoms with Crippen molar-refractivity contribution in [1.29, 1.82) is 0 Å². The van der Waals surface area contributed by atoms with E-state index in [0.29, 0.717) is 0 Å². The van der Waals surface area contributed by atoms with Crippen molar-refractivity contribution >= 4 is 15.4 Å². The molecule has 0 fully saturated rings. The van der Waals surface area contributed by atoms with Crippen LogP contribution in [0.1, 0.15) is 0 Å². The van der Waals surface area contributed by atoms with Gasteiger partial charge in [0.1, 0.15) is 0 Å². The second-order valence-corrected chi connectivity index (χ2v) is 2.13. The van der Waals surface area contributed by atoms with E-state index < -0.39 is 9.08 Å². The van der Waals surface area contributed by atoms with E-state index in [1.54, 1.807) is 0 Å². The van der Waals surface area contributed by atoms with Crippen LogP contribution in [0, 0.1) is 11.5 Å². The molecule has 5 heteroatoms. The third-order valence-electron chi connectivity index (χ3n) is 0.273. The van der Waals surface area contributed by atoms with Gasteiger partial charge in [0.2, 0.25) is 0 Å². The summed E-state index contributed by atoms with van der Waals surface area (Å²) in [5, 5.41) is 0. The maximum atomic E-state index is 11.0. The molecule has 0 N–H and O–H groups in total. The first-order valence-corrected chi connectivity index (χ1v) is 3.23. The standard InChI is InChI=1S/C3HF3OSi/c4-8(5,6)3-1-2-7/h2H. The van der Waals surface area contributed by atoms with Gasteiger partial charge in [-0.2, -0.15) is 0 Å². The van der Waals surface area contributed by atoms with Gasteiger partial charge in [0, 0.05) is 0 Å². The van der Waals surface area contributed by atoms with Crippen molar-refractivity contribution in [3.63, 3.8) is 0 Å². The van der Waals surface area contributed by atoms with Crippen LogP contribution in [0.5, 0.6) is 0 Å². The summed E-state index contributed by atoms with van der Waals surface area (Å²) in [5.41, 5.74) is 0.892. The van der Waals surface area contributed by atoms with Gasteiger partial charge >= 0.3 is 9.08 Å². The highest BCUT2D eigenvalue weighted by molar-refractivity contribution is 6.67. The monoisotopic (exact) mass is 138 g/mol. The molecule has 0 unspecified atom stereocenters. The maximum absolute atomic E-state index is 11.0. The van der Waals surface area contributed by atoms with Crippen LogP contribution in [-0.4, -0.2) is 15.4 Å². The minimum absolute atomic E-state index is 0.0690. The molecule has 0 saturated heterocycles. The Bertz CT molecular complexity index is 139. The lowest BCUT2D eigenvalue weighted by molar-refractivity contribution is -0.103. The molecule has 0 aliphatic carbocycles. The van der Waals surface area contributed by atoms with E-state index in [2.05, 4.69) is 0 Å². The van der Waals surface area contributed by atoms with Crippen molar-refractivity contribution in [2.45, 2.75) is 0 Å². The lowest BCUT2D eigenvalue weighted by Crippen LogP contribution is -2.10. The second-order valence-electron chi connectivity index (χ2n) is 0.885. The van der Waals surface area contributed by atoms with Gasteiger partial charge in [-0.1, -0.05) is 0 Å². The van der Waals surface area contributed by atoms with Gasteiger partial charge in [-0.05, 0) is 11.5 Å². The third kappa shape index (κ3) is 5.24. The maximum Gasteiger partial charge on any atom is 0.709 e. The van der Waals surface area contributed by atoms with Crippen LogP contribution in [-0.2, 0) is 4.79 Å². The average Bonchev–Trinajstić information content (AvgIpc) is 1.59. The van der Waals surface area contributed by atoms with Crippen LogP contribution in [0.15, 0.2) is 0 Å². The molecule has 0 rings (SSSR count). The molecule has 0 aromatic carbocycles. The van der Waals surface area contributed by atoms with Crippen molar-refractivity contribution in [2.24, 2.45) is 0 Å². The smallest absolute Gasteiger partial charge is 0.289 e. The van der Waals surface area contributed by atoms with Gasteiger partial charge in [-0.3, -0.25) is 4.79 Å². The summed E-state index contributed by atoms with van der Waals surface area (Å²) >= 11 is 0. The molecule has 0 atom stereocenters. The summed E-state index contributed by atoms with van der Waals surface area (Å²) in [6.07, 6.45) is -0.0690. The predicted octanol–water partition coefficient (Wildman–Crippen LogP) is 0.575. The summed E-state index contributed by atoms with van der Waals surface area (Å²) in [4.78, 5) is 9.20. The van der Waals surface area contributed by atoms with Gasteiger partial charge in [0.15, 0.2) is 6.29 Å². The molecule has 8 heavy (non-hydrogen) atoms. The van der Waals surface area contributed by atoms with Gasteiger partial charge in [0.25, 0.3) is 0 Å². The third-order valence-corrected chi connectivity index (χ3v) is 0.701. The average molecular weight is 138 g/mol. The predicted molar refractivity (Wildman–Crippen MR) is 22.9 cm³/mol. The van der Waals surface area contributed by atoms with Crippen molar-refractivity contribution in [2.75, 3.05) is 0 Å². The number of carbonyl (C=O) groups excluding carboxylic acids is 1. The normalized spacial score (nSPS) is 9.38. The molecular weight excluding hydrogens is 137 g/mol. The van der Waals surface area contributed by atoms with Crippen LogP contribution in [0.25, 0.3) is 0 Å². The molecule has 0 radical (unpaired) electrons. The van der Waals surface area contributed by atoms with E-state index in [0.717, 1.165) is 5.54 Å². The number of aldehydes is 1. The van der Waals surface area contributed by atoms with Gasteiger partial charge in [0.05, 0.1) is 0 Å². The zero-order chi connectivity index (χ0) is 6.62. The van der Waals surface area contributed by atoms with Gasteiger partial charge in [-0.15, -0.1) is 0 Å². The van der Waals surface area contributed by atoms with Crippen LogP contribution in [0.4, 0.5) is 12.3 Å². The van der Waals surface area contributed by atoms with Gasteiger partial charge in [-0.25, -0.2) is 12.3 Å². The Kier molecular flexibility index (Phi) is 2.28. The number of hydrogen-bond donors (Lipinski definition) is 0. The van der Waals surface area contributed by atoms with E-state index in [9.17, 15) is 17.1 Å². The number of hydrogen-bond acceptors (Lipinski definition) is 1. The quantitative estimate of drug-likeness (QED) is 0.207. The van der Waals surface area contributed by atoms with Crippen LogP contribution >= 0.6 is 0 Å². The Morgan fingerprint density at radius 1 is 1.38 bits per heavy atom. The van der Waals surface area contributed by atoms with E-state index in [1.807, 2.05) is 0 Å². The fourth-order valence-corrected chi connectivity index (χ4v) is 0.334. The molecule has 1 nitrogen and oxygen atoms in total. The first-order valence-electron chi connectivity index (χ1n) is 1.59. The molecule has 0 amide bonds. The lowest BCUT2D eigenvalue weighted by Gasteiger charge is -1.82. The van der Waals surface area contributed by atoms with E-state index in [-0.39, 0.29) is 6.29 Å². The molecule has 0 saturated carbocycles. The molecular formula is C3HF3OSi. The Balaban J connectivity index is 3.87. The molecule has 0 aromatic heterocycles. The number of halogens is 3. The molecule has 44 valence electrons. The molecule has 0 aliphatic heterocycles. The topological polar surface area (TPSA) is 17.1 Å². The van der Waals surface area contributed by atoms with E-state index >= 15 is 0 Å². The summed E-state index contributed by atoms with van der Waals surface area (Å²) in [6.45, 7) is 0. The minimum atomic E-state index is -5.77. The molecule has 0 bridgehead atoms. The van der Waals surface area contributed by atoms with Crippen molar-refractivity contribution < 1.29 is 17.1 Å². The van der Waals surface area contributed by atoms with Gasteiger partial charge < -0.3 is 0 Å². The fourth-order valence-electron chi connectivity index (χ4n) is 0.111. The highest BCUT2D eigenvalue weighted by atomic mass is 28.5. The summed E-state index contributed by atoms with van der Waals surface area (Å²) < 4.78 is 33.1. The highest BCUT2D eigenvalue weighted by Crippen LogP contribution is 2.03. The zero-order valence-corrected chi connectivity index (χ0v) is 4.62. The summed E-state index contributed by atoms with van der Waals surface area (Å²) in [5.74, 6) is 1.29. The largest absolute Gasteiger partial charge is 0.709 e. The van der Waals surface area contributed by atoms with E-state index in [1.165, 1.54) is 5.92 Å².